The van der Waals surface area contributed by atoms with Gasteiger partial charge in [-0.2, -0.15) is 0 Å². The number of carbonyl (C=O) groups is 1. The standard InChI is InChI=1S/C11H12NO/c1-12(2)11(13)9-8-10-6-4-3-5-7-10/h4-9H,1-2H3/b9-8+. The summed E-state index contributed by atoms with van der Waals surface area (Å²) in [6.45, 7) is 0. The Kier molecular flexibility index (Phi) is 3.26. The summed E-state index contributed by atoms with van der Waals surface area (Å²) in [6.07, 6.45) is 3.34. The van der Waals surface area contributed by atoms with Crippen LogP contribution in [0.5, 0.6) is 0 Å². The van der Waals surface area contributed by atoms with Gasteiger partial charge >= 0.3 is 0 Å². The number of likely N-dealkylation sites (N-methyl/N-ethyl adjacent to an activating group) is 1. The van der Waals surface area contributed by atoms with E-state index in [1.165, 1.54) is 4.90 Å². The minimum atomic E-state index is -0.00664. The van der Waals surface area contributed by atoms with Gasteiger partial charge in [-0.3, -0.25) is 4.79 Å². The molecule has 0 aliphatic carbocycles. The Morgan fingerprint density at radius 1 is 1.38 bits per heavy atom. The van der Waals surface area contributed by atoms with Gasteiger partial charge in [0.2, 0.25) is 5.91 Å². The lowest BCUT2D eigenvalue weighted by Gasteiger charge is -2.04. The highest BCUT2D eigenvalue weighted by Gasteiger charge is 1.95. The predicted octanol–water partition coefficient (Wildman–Crippen LogP) is 1.59. The molecule has 0 saturated carbocycles. The maximum atomic E-state index is 11.1. The minimum absolute atomic E-state index is 0.00664. The topological polar surface area (TPSA) is 20.3 Å². The second-order valence-corrected chi connectivity index (χ2v) is 2.90. The predicted molar refractivity (Wildman–Crippen MR) is 53.0 cm³/mol. The molecule has 1 radical (unpaired) electrons. The summed E-state index contributed by atoms with van der Waals surface area (Å²) in [6, 6.07) is 10.4. The Morgan fingerprint density at radius 2 is 2.00 bits per heavy atom. The average Bonchev–Trinajstić information content (AvgIpc) is 2.15. The zero-order valence-corrected chi connectivity index (χ0v) is 7.82. The molecule has 0 spiro atoms. The van der Waals surface area contributed by atoms with Crippen LogP contribution in [0.2, 0.25) is 0 Å². The Bertz CT molecular complexity index is 301. The average molecular weight is 174 g/mol. The van der Waals surface area contributed by atoms with Crippen LogP contribution in [0.3, 0.4) is 0 Å². The van der Waals surface area contributed by atoms with Crippen molar-refractivity contribution in [2.45, 2.75) is 0 Å². The molecule has 0 fully saturated rings. The maximum Gasteiger partial charge on any atom is 0.246 e. The molecule has 0 aromatic heterocycles. The molecule has 0 heterocycles. The first-order valence-electron chi connectivity index (χ1n) is 4.05. The first-order valence-corrected chi connectivity index (χ1v) is 4.05. The van der Waals surface area contributed by atoms with Crippen LogP contribution in [0.15, 0.2) is 30.3 Å². The van der Waals surface area contributed by atoms with Crippen molar-refractivity contribution in [2.24, 2.45) is 0 Å². The molecule has 1 rings (SSSR count). The Hall–Kier alpha value is -1.57. The van der Waals surface area contributed by atoms with Crippen molar-refractivity contribution < 1.29 is 4.79 Å². The van der Waals surface area contributed by atoms with E-state index in [1.807, 2.05) is 24.3 Å². The summed E-state index contributed by atoms with van der Waals surface area (Å²) in [4.78, 5) is 12.7. The number of nitrogens with zero attached hydrogens (tertiary/aromatic N) is 1. The van der Waals surface area contributed by atoms with Crippen molar-refractivity contribution in [2.75, 3.05) is 14.1 Å². The van der Waals surface area contributed by atoms with E-state index in [9.17, 15) is 4.79 Å². The molecule has 1 amide bonds. The van der Waals surface area contributed by atoms with Crippen molar-refractivity contribution in [3.63, 3.8) is 0 Å². The van der Waals surface area contributed by atoms with Crippen molar-refractivity contribution in [1.29, 1.82) is 0 Å². The van der Waals surface area contributed by atoms with E-state index >= 15 is 0 Å². The van der Waals surface area contributed by atoms with Gasteiger partial charge in [-0.05, 0) is 17.7 Å². The van der Waals surface area contributed by atoms with E-state index in [-0.39, 0.29) is 5.91 Å². The van der Waals surface area contributed by atoms with Gasteiger partial charge in [0, 0.05) is 20.2 Å². The highest BCUT2D eigenvalue weighted by atomic mass is 16.2. The molecule has 67 valence electrons. The van der Waals surface area contributed by atoms with Crippen LogP contribution in [0.4, 0.5) is 0 Å². The molecule has 0 N–H and O–H groups in total. The molecular weight excluding hydrogens is 162 g/mol. The normalized spacial score (nSPS) is 10.3. The van der Waals surface area contributed by atoms with Crippen LogP contribution in [0, 0.1) is 6.07 Å². The molecule has 1 aromatic rings. The fourth-order valence-electron chi connectivity index (χ4n) is 0.827. The highest BCUT2D eigenvalue weighted by molar-refractivity contribution is 5.91. The van der Waals surface area contributed by atoms with Crippen LogP contribution in [-0.2, 0) is 4.79 Å². The van der Waals surface area contributed by atoms with E-state index in [0.717, 1.165) is 5.56 Å². The van der Waals surface area contributed by atoms with Gasteiger partial charge in [-0.1, -0.05) is 24.3 Å². The van der Waals surface area contributed by atoms with Gasteiger partial charge in [0.1, 0.15) is 0 Å². The van der Waals surface area contributed by atoms with E-state index in [2.05, 4.69) is 6.07 Å². The fourth-order valence-corrected chi connectivity index (χ4v) is 0.827. The van der Waals surface area contributed by atoms with Crippen LogP contribution in [-0.4, -0.2) is 24.9 Å². The Morgan fingerprint density at radius 3 is 2.54 bits per heavy atom. The number of hydrogen-bond donors (Lipinski definition) is 0. The summed E-state index contributed by atoms with van der Waals surface area (Å²) in [5.41, 5.74) is 1.01. The summed E-state index contributed by atoms with van der Waals surface area (Å²) in [5.74, 6) is -0.00664. The minimum Gasteiger partial charge on any atom is -0.345 e. The summed E-state index contributed by atoms with van der Waals surface area (Å²) in [7, 11) is 3.46. The number of hydrogen-bond acceptors (Lipinski definition) is 1. The zero-order chi connectivity index (χ0) is 9.68. The van der Waals surface area contributed by atoms with E-state index in [1.54, 1.807) is 26.2 Å². The quantitative estimate of drug-likeness (QED) is 0.623. The van der Waals surface area contributed by atoms with Gasteiger partial charge in [-0.15, -0.1) is 0 Å². The largest absolute Gasteiger partial charge is 0.345 e. The molecule has 0 saturated heterocycles. The van der Waals surface area contributed by atoms with Crippen molar-refractivity contribution in [3.8, 4) is 0 Å². The van der Waals surface area contributed by atoms with Gasteiger partial charge in [0.15, 0.2) is 0 Å². The molecule has 0 unspecified atom stereocenters. The van der Waals surface area contributed by atoms with Gasteiger partial charge < -0.3 is 4.90 Å². The number of benzene rings is 1. The van der Waals surface area contributed by atoms with Crippen molar-refractivity contribution >= 4 is 12.0 Å². The summed E-state index contributed by atoms with van der Waals surface area (Å²) in [5, 5.41) is 0. The zero-order valence-electron chi connectivity index (χ0n) is 7.82. The number of carbonyl (C=O) groups excluding carboxylic acids is 1. The molecule has 0 bridgehead atoms. The molecule has 13 heavy (non-hydrogen) atoms. The molecule has 0 aliphatic heterocycles. The van der Waals surface area contributed by atoms with Crippen LogP contribution in [0.1, 0.15) is 5.56 Å². The molecule has 0 aliphatic rings. The third-order valence-electron chi connectivity index (χ3n) is 1.60. The highest BCUT2D eigenvalue weighted by Crippen LogP contribution is 2.00. The van der Waals surface area contributed by atoms with Gasteiger partial charge in [0.05, 0.1) is 0 Å². The molecular formula is C11H12NO. The third kappa shape index (κ3) is 3.11. The second-order valence-electron chi connectivity index (χ2n) is 2.90. The summed E-state index contributed by atoms with van der Waals surface area (Å²) >= 11 is 0. The van der Waals surface area contributed by atoms with Crippen LogP contribution >= 0.6 is 0 Å². The fraction of sp³-hybridized carbons (Fsp3) is 0.182. The summed E-state index contributed by atoms with van der Waals surface area (Å²) < 4.78 is 0. The van der Waals surface area contributed by atoms with Crippen molar-refractivity contribution in [1.82, 2.24) is 4.90 Å². The lowest BCUT2D eigenvalue weighted by molar-refractivity contribution is -0.123. The lowest BCUT2D eigenvalue weighted by Crippen LogP contribution is -2.18. The molecule has 2 heteroatoms. The van der Waals surface area contributed by atoms with E-state index in [0.29, 0.717) is 0 Å². The maximum absolute atomic E-state index is 11.1. The first-order chi connectivity index (χ1) is 6.20. The smallest absolute Gasteiger partial charge is 0.246 e. The molecule has 2 nitrogen and oxygen atoms in total. The molecule has 0 atom stereocenters. The third-order valence-corrected chi connectivity index (χ3v) is 1.60. The number of amides is 1. The SMILES string of the molecule is CN(C)C(=O)/C=C/c1cc[c]cc1. The van der Waals surface area contributed by atoms with Gasteiger partial charge in [-0.25, -0.2) is 0 Å². The van der Waals surface area contributed by atoms with Gasteiger partial charge in [0.25, 0.3) is 0 Å². The van der Waals surface area contributed by atoms with Crippen LogP contribution in [0.25, 0.3) is 6.08 Å². The monoisotopic (exact) mass is 174 g/mol. The lowest BCUT2D eigenvalue weighted by atomic mass is 10.2. The second kappa shape index (κ2) is 4.45. The Balaban J connectivity index is 2.64. The Labute approximate surface area is 78.5 Å². The van der Waals surface area contributed by atoms with Crippen LogP contribution < -0.4 is 0 Å². The number of rotatable bonds is 2. The van der Waals surface area contributed by atoms with E-state index in [4.69, 9.17) is 0 Å². The molecule has 1 aromatic carbocycles. The first kappa shape index (κ1) is 9.52. The van der Waals surface area contributed by atoms with Crippen molar-refractivity contribution in [3.05, 3.63) is 42.0 Å². The van der Waals surface area contributed by atoms with E-state index < -0.39 is 0 Å².